The summed E-state index contributed by atoms with van der Waals surface area (Å²) in [5, 5.41) is 16.5. The van der Waals surface area contributed by atoms with Crippen LogP contribution in [-0.2, 0) is 26.6 Å². The lowest BCUT2D eigenvalue weighted by molar-refractivity contribution is 0.414. The average Bonchev–Trinajstić information content (AvgIpc) is 3.20. The topological polar surface area (TPSA) is 69.8 Å². The highest BCUT2D eigenvalue weighted by molar-refractivity contribution is 5.59. The molecule has 0 atom stereocenters. The Morgan fingerprint density at radius 3 is 2.79 bits per heavy atom. The molecular weight excluding hydrogens is 304 g/mol. The van der Waals surface area contributed by atoms with Crippen LogP contribution < -0.4 is 10.1 Å². The van der Waals surface area contributed by atoms with Gasteiger partial charge in [0.1, 0.15) is 17.1 Å². The molecule has 0 fully saturated rings. The zero-order valence-corrected chi connectivity index (χ0v) is 13.9. The zero-order valence-electron chi connectivity index (χ0n) is 13.9. The maximum Gasteiger partial charge on any atom is 0.133 e. The smallest absolute Gasteiger partial charge is 0.133 e. The Balaban J connectivity index is 1.71. The largest absolute Gasteiger partial charge is 0.497 e. The summed E-state index contributed by atoms with van der Waals surface area (Å²) >= 11 is 0. The van der Waals surface area contributed by atoms with Gasteiger partial charge in [0, 0.05) is 37.8 Å². The van der Waals surface area contributed by atoms with Crippen molar-refractivity contribution in [3.63, 3.8) is 0 Å². The molecule has 0 radical (unpaired) electrons. The van der Waals surface area contributed by atoms with Gasteiger partial charge in [0.05, 0.1) is 19.9 Å². The number of ether oxygens (including phenoxy) is 1. The third-order valence-electron chi connectivity index (χ3n) is 4.34. The average molecular weight is 324 g/mol. The van der Waals surface area contributed by atoms with Gasteiger partial charge in [0.15, 0.2) is 0 Å². The number of hydrogen-bond acceptors (Lipinski definition) is 5. The molecule has 0 aliphatic carbocycles. The van der Waals surface area contributed by atoms with E-state index in [-0.39, 0.29) is 0 Å². The predicted octanol–water partition coefficient (Wildman–Crippen LogP) is 1.38. The Kier molecular flexibility index (Phi) is 3.78. The van der Waals surface area contributed by atoms with Crippen LogP contribution in [0.1, 0.15) is 16.8 Å². The van der Waals surface area contributed by atoms with Crippen molar-refractivity contribution in [2.24, 2.45) is 7.05 Å². The molecule has 0 unspecified atom stereocenters. The fourth-order valence-electron chi connectivity index (χ4n) is 3.12. The molecule has 3 heterocycles. The number of aryl methyl sites for hydroxylation is 1. The number of benzene rings is 1. The first-order chi connectivity index (χ1) is 11.7. The van der Waals surface area contributed by atoms with Crippen LogP contribution in [0.4, 0.5) is 0 Å². The normalized spacial score (nSPS) is 13.8. The second-order valence-corrected chi connectivity index (χ2v) is 5.98. The van der Waals surface area contributed by atoms with Gasteiger partial charge in [-0.15, -0.1) is 5.10 Å². The maximum absolute atomic E-state index is 5.23. The summed E-state index contributed by atoms with van der Waals surface area (Å²) in [6.07, 6.45) is 2.88. The first-order valence-electron chi connectivity index (χ1n) is 8.03. The minimum Gasteiger partial charge on any atom is -0.497 e. The van der Waals surface area contributed by atoms with E-state index in [1.54, 1.807) is 11.8 Å². The van der Waals surface area contributed by atoms with Crippen molar-refractivity contribution < 1.29 is 4.74 Å². The van der Waals surface area contributed by atoms with Crippen molar-refractivity contribution in [3.8, 4) is 17.1 Å². The van der Waals surface area contributed by atoms with Crippen LogP contribution in [0.2, 0.25) is 0 Å². The number of nitrogens with zero attached hydrogens (tertiary/aromatic N) is 5. The molecule has 0 saturated heterocycles. The molecule has 1 aromatic carbocycles. The minimum absolute atomic E-state index is 0.743. The number of methoxy groups -OCH3 is 1. The zero-order chi connectivity index (χ0) is 16.5. The molecule has 0 amide bonds. The Morgan fingerprint density at radius 2 is 2.08 bits per heavy atom. The Hall–Kier alpha value is -2.67. The first-order valence-corrected chi connectivity index (χ1v) is 8.03. The van der Waals surface area contributed by atoms with Crippen LogP contribution in [-0.4, -0.2) is 38.4 Å². The highest BCUT2D eigenvalue weighted by atomic mass is 16.5. The molecule has 4 rings (SSSR count). The van der Waals surface area contributed by atoms with Crippen LogP contribution >= 0.6 is 0 Å². The second-order valence-electron chi connectivity index (χ2n) is 5.98. The lowest BCUT2D eigenvalue weighted by Crippen LogP contribution is -2.25. The van der Waals surface area contributed by atoms with E-state index in [9.17, 15) is 0 Å². The molecule has 0 spiro atoms. The SMILES string of the molecule is COc1ccc(Cn2nc(-c3cn(C)nn3)c3c2CCNC3)cc1. The summed E-state index contributed by atoms with van der Waals surface area (Å²) in [7, 11) is 3.55. The quantitative estimate of drug-likeness (QED) is 0.785. The molecule has 24 heavy (non-hydrogen) atoms. The summed E-state index contributed by atoms with van der Waals surface area (Å²) in [4.78, 5) is 0. The van der Waals surface area contributed by atoms with Gasteiger partial charge in [-0.1, -0.05) is 17.3 Å². The van der Waals surface area contributed by atoms with Crippen LogP contribution in [0.5, 0.6) is 5.75 Å². The van der Waals surface area contributed by atoms with Crippen molar-refractivity contribution >= 4 is 0 Å². The molecule has 7 heteroatoms. The summed E-state index contributed by atoms with van der Waals surface area (Å²) in [5.74, 6) is 0.866. The summed E-state index contributed by atoms with van der Waals surface area (Å²) in [6.45, 7) is 2.54. The third-order valence-corrected chi connectivity index (χ3v) is 4.34. The second kappa shape index (κ2) is 6.09. The van der Waals surface area contributed by atoms with Crippen molar-refractivity contribution in [2.45, 2.75) is 19.5 Å². The monoisotopic (exact) mass is 324 g/mol. The van der Waals surface area contributed by atoms with E-state index < -0.39 is 0 Å². The van der Waals surface area contributed by atoms with Gasteiger partial charge >= 0.3 is 0 Å². The lowest BCUT2D eigenvalue weighted by atomic mass is 10.1. The van der Waals surface area contributed by atoms with E-state index in [4.69, 9.17) is 9.84 Å². The third kappa shape index (κ3) is 2.67. The molecule has 2 aromatic heterocycles. The van der Waals surface area contributed by atoms with E-state index in [1.807, 2.05) is 25.4 Å². The molecular formula is C17H20N6O. The summed E-state index contributed by atoms with van der Waals surface area (Å²) < 4.78 is 9.03. The Bertz CT molecular complexity index is 849. The number of nitrogens with one attached hydrogen (secondary N) is 1. The van der Waals surface area contributed by atoms with Crippen LogP contribution in [0.25, 0.3) is 11.4 Å². The van der Waals surface area contributed by atoms with Crippen molar-refractivity contribution in [2.75, 3.05) is 13.7 Å². The van der Waals surface area contributed by atoms with Gasteiger partial charge < -0.3 is 10.1 Å². The molecule has 7 nitrogen and oxygen atoms in total. The van der Waals surface area contributed by atoms with Gasteiger partial charge in [0.25, 0.3) is 0 Å². The summed E-state index contributed by atoms with van der Waals surface area (Å²) in [6, 6.07) is 8.12. The van der Waals surface area contributed by atoms with E-state index in [0.717, 1.165) is 43.2 Å². The number of aromatic nitrogens is 5. The van der Waals surface area contributed by atoms with Crippen LogP contribution in [0.3, 0.4) is 0 Å². The fourth-order valence-corrected chi connectivity index (χ4v) is 3.12. The highest BCUT2D eigenvalue weighted by Crippen LogP contribution is 2.27. The van der Waals surface area contributed by atoms with Gasteiger partial charge in [0.2, 0.25) is 0 Å². The van der Waals surface area contributed by atoms with E-state index >= 15 is 0 Å². The molecule has 1 aliphatic heterocycles. The number of rotatable bonds is 4. The minimum atomic E-state index is 0.743. The molecule has 124 valence electrons. The fraction of sp³-hybridized carbons (Fsp3) is 0.353. The Morgan fingerprint density at radius 1 is 1.25 bits per heavy atom. The van der Waals surface area contributed by atoms with Crippen molar-refractivity contribution in [1.82, 2.24) is 30.1 Å². The summed E-state index contributed by atoms with van der Waals surface area (Å²) in [5.41, 5.74) is 5.47. The van der Waals surface area contributed by atoms with E-state index in [0.29, 0.717) is 0 Å². The van der Waals surface area contributed by atoms with Gasteiger partial charge in [-0.25, -0.2) is 0 Å². The number of hydrogen-bond donors (Lipinski definition) is 1. The van der Waals surface area contributed by atoms with Gasteiger partial charge in [-0.05, 0) is 17.7 Å². The number of fused-ring (bicyclic) bond motifs is 1. The standard InChI is InChI=1S/C17H20N6O/c1-22-11-15(19-21-22)17-14-9-18-8-7-16(14)23(20-17)10-12-3-5-13(24-2)6-4-12/h3-6,11,18H,7-10H2,1-2H3. The molecule has 1 N–H and O–H groups in total. The first kappa shape index (κ1) is 14.9. The van der Waals surface area contributed by atoms with Gasteiger partial charge in [-0.3, -0.25) is 9.36 Å². The van der Waals surface area contributed by atoms with Crippen molar-refractivity contribution in [3.05, 3.63) is 47.3 Å². The Labute approximate surface area is 140 Å². The molecule has 0 saturated carbocycles. The van der Waals surface area contributed by atoms with E-state index in [2.05, 4.69) is 32.4 Å². The molecule has 1 aliphatic rings. The van der Waals surface area contributed by atoms with Gasteiger partial charge in [-0.2, -0.15) is 5.10 Å². The predicted molar refractivity (Wildman–Crippen MR) is 89.7 cm³/mol. The maximum atomic E-state index is 5.23. The highest BCUT2D eigenvalue weighted by Gasteiger charge is 2.23. The lowest BCUT2D eigenvalue weighted by Gasteiger charge is -2.15. The van der Waals surface area contributed by atoms with Crippen molar-refractivity contribution in [1.29, 1.82) is 0 Å². The van der Waals surface area contributed by atoms with Crippen LogP contribution in [0.15, 0.2) is 30.5 Å². The molecule has 0 bridgehead atoms. The molecule has 3 aromatic rings. The van der Waals surface area contributed by atoms with Crippen LogP contribution in [0, 0.1) is 0 Å². The van der Waals surface area contributed by atoms with E-state index in [1.165, 1.54) is 16.8 Å².